The molecule has 0 aromatic heterocycles. The molecule has 0 bridgehead atoms. The van der Waals surface area contributed by atoms with E-state index in [9.17, 15) is 14.4 Å². The molecule has 0 fully saturated rings. The van der Waals surface area contributed by atoms with Crippen molar-refractivity contribution in [1.29, 1.82) is 0 Å². The topological polar surface area (TPSA) is 87.7 Å². The zero-order valence-corrected chi connectivity index (χ0v) is 17.8. The van der Waals surface area contributed by atoms with Crippen molar-refractivity contribution >= 4 is 29.3 Å². The molecule has 7 heteroatoms. The van der Waals surface area contributed by atoms with Gasteiger partial charge in [0.25, 0.3) is 0 Å². The Labute approximate surface area is 187 Å². The number of urea groups is 1. The van der Waals surface area contributed by atoms with Gasteiger partial charge in [0, 0.05) is 11.4 Å². The molecule has 0 saturated heterocycles. The maximum atomic E-state index is 12.8. The highest BCUT2D eigenvalue weighted by Gasteiger charge is 2.20. The molecule has 32 heavy (non-hydrogen) atoms. The Balaban J connectivity index is 1.58. The summed E-state index contributed by atoms with van der Waals surface area (Å²) in [4.78, 5) is 38.7. The third-order valence-corrected chi connectivity index (χ3v) is 4.57. The van der Waals surface area contributed by atoms with Crippen molar-refractivity contribution in [2.75, 3.05) is 23.3 Å². The van der Waals surface area contributed by atoms with Crippen molar-refractivity contribution in [3.63, 3.8) is 0 Å². The van der Waals surface area contributed by atoms with Crippen molar-refractivity contribution in [2.24, 2.45) is 0 Å². The van der Waals surface area contributed by atoms with Gasteiger partial charge >= 0.3 is 12.0 Å². The second-order valence-electron chi connectivity index (χ2n) is 7.14. The average Bonchev–Trinajstić information content (AvgIpc) is 2.81. The second kappa shape index (κ2) is 11.3. The number of hydrogen-bond acceptors (Lipinski definition) is 4. The summed E-state index contributed by atoms with van der Waals surface area (Å²) in [5.41, 5.74) is 3.02. The van der Waals surface area contributed by atoms with Crippen molar-refractivity contribution in [1.82, 2.24) is 5.32 Å². The van der Waals surface area contributed by atoms with Crippen molar-refractivity contribution in [3.8, 4) is 0 Å². The Bertz CT molecular complexity index is 1060. The number of aryl methyl sites for hydroxylation is 1. The van der Waals surface area contributed by atoms with Crippen molar-refractivity contribution < 1.29 is 19.1 Å². The lowest BCUT2D eigenvalue weighted by molar-refractivity contribution is -0.144. The predicted octanol–water partition coefficient (Wildman–Crippen LogP) is 3.89. The molecule has 0 unspecified atom stereocenters. The molecular formula is C25H25N3O4. The summed E-state index contributed by atoms with van der Waals surface area (Å²) in [5, 5.41) is 5.22. The third-order valence-electron chi connectivity index (χ3n) is 4.57. The molecule has 0 saturated carbocycles. The lowest BCUT2D eigenvalue weighted by Crippen LogP contribution is -2.44. The van der Waals surface area contributed by atoms with Crippen LogP contribution in [-0.4, -0.2) is 31.0 Å². The molecule has 0 atom stereocenters. The first kappa shape index (κ1) is 22.6. The lowest BCUT2D eigenvalue weighted by Gasteiger charge is -2.22. The van der Waals surface area contributed by atoms with Crippen LogP contribution in [0.25, 0.3) is 0 Å². The van der Waals surface area contributed by atoms with Gasteiger partial charge in [-0.05, 0) is 42.3 Å². The Morgan fingerprint density at radius 1 is 0.875 bits per heavy atom. The molecular weight excluding hydrogens is 406 g/mol. The normalized spacial score (nSPS) is 10.2. The van der Waals surface area contributed by atoms with Gasteiger partial charge < -0.3 is 15.4 Å². The van der Waals surface area contributed by atoms with Gasteiger partial charge in [-0.15, -0.1) is 0 Å². The van der Waals surface area contributed by atoms with Gasteiger partial charge in [-0.25, -0.2) is 4.79 Å². The molecule has 7 nitrogen and oxygen atoms in total. The van der Waals surface area contributed by atoms with Gasteiger partial charge in [0.1, 0.15) is 13.2 Å². The minimum Gasteiger partial charge on any atom is -0.459 e. The maximum absolute atomic E-state index is 12.8. The van der Waals surface area contributed by atoms with E-state index in [-0.39, 0.29) is 19.7 Å². The molecule has 0 aliphatic rings. The van der Waals surface area contributed by atoms with Crippen LogP contribution >= 0.6 is 0 Å². The van der Waals surface area contributed by atoms with Crippen LogP contribution < -0.4 is 15.5 Å². The third kappa shape index (κ3) is 6.98. The Morgan fingerprint density at radius 2 is 1.56 bits per heavy atom. The number of esters is 1. The van der Waals surface area contributed by atoms with Crippen LogP contribution in [0.2, 0.25) is 0 Å². The molecule has 164 valence electrons. The van der Waals surface area contributed by atoms with Crippen molar-refractivity contribution in [2.45, 2.75) is 13.5 Å². The number of hydrogen-bond donors (Lipinski definition) is 2. The van der Waals surface area contributed by atoms with Crippen LogP contribution in [0, 0.1) is 6.92 Å². The number of anilines is 2. The summed E-state index contributed by atoms with van der Waals surface area (Å²) in [6.45, 7) is 1.49. The van der Waals surface area contributed by atoms with Crippen molar-refractivity contribution in [3.05, 3.63) is 96.1 Å². The molecule has 0 heterocycles. The van der Waals surface area contributed by atoms with Crippen LogP contribution in [-0.2, 0) is 20.9 Å². The lowest BCUT2D eigenvalue weighted by atomic mass is 10.2. The van der Waals surface area contributed by atoms with Gasteiger partial charge in [-0.3, -0.25) is 14.5 Å². The monoisotopic (exact) mass is 431 g/mol. The van der Waals surface area contributed by atoms with Crippen LogP contribution in [0.4, 0.5) is 16.2 Å². The number of nitrogens with one attached hydrogen (secondary N) is 2. The van der Waals surface area contributed by atoms with E-state index in [0.717, 1.165) is 11.1 Å². The number of rotatable bonds is 8. The highest BCUT2D eigenvalue weighted by molar-refractivity contribution is 6.01. The molecule has 0 radical (unpaired) electrons. The van der Waals surface area contributed by atoms with E-state index in [0.29, 0.717) is 11.4 Å². The summed E-state index contributed by atoms with van der Waals surface area (Å²) in [5.74, 6) is -0.984. The number of carbonyl (C=O) groups is 3. The van der Waals surface area contributed by atoms with E-state index >= 15 is 0 Å². The molecule has 0 spiro atoms. The summed E-state index contributed by atoms with van der Waals surface area (Å²) < 4.78 is 5.31. The summed E-state index contributed by atoms with van der Waals surface area (Å²) in [6.07, 6.45) is 0. The minimum absolute atomic E-state index is 0.119. The first-order valence-electron chi connectivity index (χ1n) is 10.2. The molecule has 3 aromatic carbocycles. The SMILES string of the molecule is Cc1cccc(NC(=O)NCC(=O)N(CC(=O)OCc2ccccc2)c2ccccc2)c1. The smallest absolute Gasteiger partial charge is 0.326 e. The van der Waals surface area contributed by atoms with Crippen LogP contribution in [0.5, 0.6) is 0 Å². The van der Waals surface area contributed by atoms with E-state index in [1.54, 1.807) is 30.3 Å². The Kier molecular flexibility index (Phi) is 7.97. The molecule has 2 N–H and O–H groups in total. The number of amides is 3. The first-order valence-corrected chi connectivity index (χ1v) is 10.2. The first-order chi connectivity index (χ1) is 15.5. The van der Waals surface area contributed by atoms with E-state index in [2.05, 4.69) is 10.6 Å². The second-order valence-corrected chi connectivity index (χ2v) is 7.14. The van der Waals surface area contributed by atoms with Gasteiger partial charge in [-0.1, -0.05) is 60.7 Å². The fourth-order valence-electron chi connectivity index (χ4n) is 2.99. The van der Waals surface area contributed by atoms with Gasteiger partial charge in [-0.2, -0.15) is 0 Å². The molecule has 3 rings (SSSR count). The zero-order chi connectivity index (χ0) is 22.8. The number of carbonyl (C=O) groups excluding carboxylic acids is 3. The Morgan fingerprint density at radius 3 is 2.25 bits per heavy atom. The average molecular weight is 431 g/mol. The van der Waals surface area contributed by atoms with Crippen LogP contribution in [0.1, 0.15) is 11.1 Å². The van der Waals surface area contributed by atoms with Crippen LogP contribution in [0.3, 0.4) is 0 Å². The summed E-state index contributed by atoms with van der Waals surface area (Å²) in [7, 11) is 0. The zero-order valence-electron chi connectivity index (χ0n) is 17.8. The molecule has 3 amide bonds. The van der Waals surface area contributed by atoms with E-state index in [1.807, 2.05) is 61.5 Å². The fraction of sp³-hybridized carbons (Fsp3) is 0.160. The molecule has 0 aliphatic heterocycles. The maximum Gasteiger partial charge on any atom is 0.326 e. The van der Waals surface area contributed by atoms with Gasteiger partial charge in [0.05, 0.1) is 6.54 Å². The number of ether oxygens (including phenoxy) is 1. The number of para-hydroxylation sites is 1. The van der Waals surface area contributed by atoms with Gasteiger partial charge in [0.15, 0.2) is 0 Å². The number of benzene rings is 3. The predicted molar refractivity (Wildman–Crippen MR) is 123 cm³/mol. The fourth-order valence-corrected chi connectivity index (χ4v) is 2.99. The standard InChI is InChI=1S/C25H25N3O4/c1-19-9-8-12-21(15-19)27-25(31)26-16-23(29)28(22-13-6-3-7-14-22)17-24(30)32-18-20-10-4-2-5-11-20/h2-15H,16-18H2,1H3,(H2,26,27,31). The largest absolute Gasteiger partial charge is 0.459 e. The summed E-state index contributed by atoms with van der Waals surface area (Å²) >= 11 is 0. The molecule has 0 aliphatic carbocycles. The minimum atomic E-state index is -0.546. The summed E-state index contributed by atoms with van der Waals surface area (Å²) in [6, 6.07) is 24.9. The van der Waals surface area contributed by atoms with E-state index in [4.69, 9.17) is 4.74 Å². The van der Waals surface area contributed by atoms with Gasteiger partial charge in [0.2, 0.25) is 5.91 Å². The Hall–Kier alpha value is -4.13. The van der Waals surface area contributed by atoms with E-state index < -0.39 is 17.9 Å². The quantitative estimate of drug-likeness (QED) is 0.530. The highest BCUT2D eigenvalue weighted by Crippen LogP contribution is 2.14. The molecule has 3 aromatic rings. The number of nitrogens with zero attached hydrogens (tertiary/aromatic N) is 1. The highest BCUT2D eigenvalue weighted by atomic mass is 16.5. The van der Waals surface area contributed by atoms with E-state index in [1.165, 1.54) is 4.90 Å². The van der Waals surface area contributed by atoms with Crippen LogP contribution in [0.15, 0.2) is 84.9 Å².